The molecule has 1 saturated carbocycles. The second-order valence-corrected chi connectivity index (χ2v) is 8.66. The van der Waals surface area contributed by atoms with Crippen LogP contribution < -0.4 is 15.5 Å². The molecule has 2 aromatic rings. The van der Waals surface area contributed by atoms with Gasteiger partial charge in [-0.1, -0.05) is 18.2 Å². The number of hydrogen-bond donors (Lipinski definition) is 2. The molecule has 2 aliphatic rings. The lowest BCUT2D eigenvalue weighted by molar-refractivity contribution is 0.0951. The SMILES string of the molecule is Cc1ccc(C(=O)NC2CC2)cc1N1Cc2cc(CCCN(C)C)ccc2NC1=O. The van der Waals surface area contributed by atoms with Gasteiger partial charge in [0.15, 0.2) is 0 Å². The molecule has 30 heavy (non-hydrogen) atoms. The molecular weight excluding hydrogens is 376 g/mol. The molecule has 4 rings (SSSR count). The summed E-state index contributed by atoms with van der Waals surface area (Å²) < 4.78 is 0. The molecule has 0 saturated heterocycles. The number of nitrogens with one attached hydrogen (secondary N) is 2. The van der Waals surface area contributed by atoms with E-state index in [4.69, 9.17) is 0 Å². The maximum absolute atomic E-state index is 12.8. The van der Waals surface area contributed by atoms with Gasteiger partial charge in [-0.3, -0.25) is 9.69 Å². The lowest BCUT2D eigenvalue weighted by Gasteiger charge is -2.31. The van der Waals surface area contributed by atoms with Crippen LogP contribution in [-0.2, 0) is 13.0 Å². The summed E-state index contributed by atoms with van der Waals surface area (Å²) in [5.41, 5.74) is 5.59. The lowest BCUT2D eigenvalue weighted by Crippen LogP contribution is -2.39. The first-order chi connectivity index (χ1) is 14.4. The Morgan fingerprint density at radius 1 is 1.20 bits per heavy atom. The minimum Gasteiger partial charge on any atom is -0.349 e. The first-order valence-corrected chi connectivity index (χ1v) is 10.7. The highest BCUT2D eigenvalue weighted by molar-refractivity contribution is 6.05. The Bertz CT molecular complexity index is 966. The van der Waals surface area contributed by atoms with Crippen molar-refractivity contribution in [3.8, 4) is 0 Å². The van der Waals surface area contributed by atoms with E-state index in [-0.39, 0.29) is 11.9 Å². The van der Waals surface area contributed by atoms with Crippen LogP contribution in [0.1, 0.15) is 46.3 Å². The molecule has 1 heterocycles. The minimum atomic E-state index is -0.161. The van der Waals surface area contributed by atoms with E-state index in [2.05, 4.69) is 41.8 Å². The summed E-state index contributed by atoms with van der Waals surface area (Å²) in [6, 6.07) is 12.0. The Morgan fingerprint density at radius 2 is 2.00 bits per heavy atom. The number of carbonyl (C=O) groups is 2. The van der Waals surface area contributed by atoms with Crippen molar-refractivity contribution in [2.24, 2.45) is 0 Å². The summed E-state index contributed by atoms with van der Waals surface area (Å²) in [7, 11) is 4.17. The zero-order valence-corrected chi connectivity index (χ0v) is 18.0. The van der Waals surface area contributed by atoms with E-state index in [9.17, 15) is 9.59 Å². The van der Waals surface area contributed by atoms with Gasteiger partial charge in [0.2, 0.25) is 0 Å². The van der Waals surface area contributed by atoms with E-state index in [0.717, 1.165) is 54.7 Å². The molecule has 6 nitrogen and oxygen atoms in total. The van der Waals surface area contributed by atoms with Crippen molar-refractivity contribution in [3.63, 3.8) is 0 Å². The lowest BCUT2D eigenvalue weighted by atomic mass is 10.0. The summed E-state index contributed by atoms with van der Waals surface area (Å²) in [5.74, 6) is -0.0697. The zero-order valence-electron chi connectivity index (χ0n) is 18.0. The van der Waals surface area contributed by atoms with Gasteiger partial charge in [0.05, 0.1) is 6.54 Å². The fourth-order valence-electron chi connectivity index (χ4n) is 3.81. The molecule has 2 aromatic carbocycles. The summed E-state index contributed by atoms with van der Waals surface area (Å²) in [5, 5.41) is 6.03. The van der Waals surface area contributed by atoms with Gasteiger partial charge in [0, 0.05) is 23.0 Å². The third-order valence-corrected chi connectivity index (χ3v) is 5.73. The van der Waals surface area contributed by atoms with Crippen molar-refractivity contribution in [3.05, 3.63) is 58.7 Å². The van der Waals surface area contributed by atoms with Crippen LogP contribution in [0.2, 0.25) is 0 Å². The highest BCUT2D eigenvalue weighted by atomic mass is 16.2. The fraction of sp³-hybridized carbons (Fsp3) is 0.417. The number of urea groups is 1. The number of hydrogen-bond acceptors (Lipinski definition) is 3. The third kappa shape index (κ3) is 4.65. The van der Waals surface area contributed by atoms with Crippen LogP contribution in [0.3, 0.4) is 0 Å². The normalized spacial score (nSPS) is 15.7. The monoisotopic (exact) mass is 406 g/mol. The molecule has 0 atom stereocenters. The molecular formula is C24H30N4O2. The van der Waals surface area contributed by atoms with Crippen LogP contribution in [0.15, 0.2) is 36.4 Å². The smallest absolute Gasteiger partial charge is 0.326 e. The topological polar surface area (TPSA) is 64.7 Å². The molecule has 0 unspecified atom stereocenters. The highest BCUT2D eigenvalue weighted by Crippen LogP contribution is 2.31. The van der Waals surface area contributed by atoms with Crippen LogP contribution in [0.25, 0.3) is 0 Å². The third-order valence-electron chi connectivity index (χ3n) is 5.73. The summed E-state index contributed by atoms with van der Waals surface area (Å²) in [4.78, 5) is 29.2. The van der Waals surface area contributed by atoms with Gasteiger partial charge in [0.1, 0.15) is 0 Å². The number of rotatable bonds is 7. The van der Waals surface area contributed by atoms with Gasteiger partial charge in [0.25, 0.3) is 5.91 Å². The summed E-state index contributed by atoms with van der Waals surface area (Å²) in [6.07, 6.45) is 4.20. The maximum Gasteiger partial charge on any atom is 0.326 e. The fourth-order valence-corrected chi connectivity index (χ4v) is 3.81. The van der Waals surface area contributed by atoms with Crippen molar-refractivity contribution in [1.29, 1.82) is 0 Å². The standard InChI is InChI=1S/C24H30N4O2/c1-16-6-8-18(23(29)25-20-9-10-20)14-22(16)28-15-19-13-17(5-4-12-27(2)3)7-11-21(19)26-24(28)30/h6-8,11,13-14,20H,4-5,9-10,12,15H2,1-3H3,(H,25,29)(H,26,30). The molecule has 0 aromatic heterocycles. The zero-order chi connectivity index (χ0) is 21.3. The average Bonchev–Trinajstić information content (AvgIpc) is 3.52. The van der Waals surface area contributed by atoms with Gasteiger partial charge < -0.3 is 15.5 Å². The molecule has 3 amide bonds. The summed E-state index contributed by atoms with van der Waals surface area (Å²) >= 11 is 0. The Hall–Kier alpha value is -2.86. The number of benzene rings is 2. The van der Waals surface area contributed by atoms with E-state index < -0.39 is 0 Å². The second kappa shape index (κ2) is 8.48. The van der Waals surface area contributed by atoms with E-state index in [1.165, 1.54) is 5.56 Å². The highest BCUT2D eigenvalue weighted by Gasteiger charge is 2.27. The van der Waals surface area contributed by atoms with Crippen LogP contribution in [0.4, 0.5) is 16.2 Å². The molecule has 0 radical (unpaired) electrons. The predicted octanol–water partition coefficient (Wildman–Crippen LogP) is 3.93. The number of aryl methyl sites for hydroxylation is 2. The van der Waals surface area contributed by atoms with Gasteiger partial charge in [-0.2, -0.15) is 0 Å². The molecule has 1 aliphatic carbocycles. The molecule has 6 heteroatoms. The van der Waals surface area contributed by atoms with E-state index in [1.807, 2.05) is 31.2 Å². The molecule has 0 bridgehead atoms. The maximum atomic E-state index is 12.8. The van der Waals surface area contributed by atoms with Gasteiger partial charge in [-0.25, -0.2) is 4.79 Å². The first-order valence-electron chi connectivity index (χ1n) is 10.7. The second-order valence-electron chi connectivity index (χ2n) is 8.66. The van der Waals surface area contributed by atoms with Crippen molar-refractivity contribution < 1.29 is 9.59 Å². The van der Waals surface area contributed by atoms with Crippen LogP contribution in [0.5, 0.6) is 0 Å². The number of fused-ring (bicyclic) bond motifs is 1. The van der Waals surface area contributed by atoms with E-state index >= 15 is 0 Å². The number of amides is 3. The molecule has 1 aliphatic heterocycles. The quantitative estimate of drug-likeness (QED) is 0.732. The number of nitrogens with zero attached hydrogens (tertiary/aromatic N) is 2. The van der Waals surface area contributed by atoms with Gasteiger partial charge in [-0.15, -0.1) is 0 Å². The van der Waals surface area contributed by atoms with Crippen LogP contribution >= 0.6 is 0 Å². The Labute approximate surface area is 178 Å². The number of carbonyl (C=O) groups excluding carboxylic acids is 2. The Morgan fingerprint density at radius 3 is 2.73 bits per heavy atom. The predicted molar refractivity (Wildman–Crippen MR) is 120 cm³/mol. The largest absolute Gasteiger partial charge is 0.349 e. The van der Waals surface area contributed by atoms with Gasteiger partial charge in [-0.05, 0) is 88.1 Å². The minimum absolute atomic E-state index is 0.0697. The van der Waals surface area contributed by atoms with Crippen molar-refractivity contribution in [2.75, 3.05) is 30.9 Å². The van der Waals surface area contributed by atoms with Gasteiger partial charge >= 0.3 is 6.03 Å². The van der Waals surface area contributed by atoms with Crippen molar-refractivity contribution >= 4 is 23.3 Å². The van der Waals surface area contributed by atoms with Crippen molar-refractivity contribution in [1.82, 2.24) is 10.2 Å². The first kappa shape index (κ1) is 20.4. The Balaban J connectivity index is 1.54. The van der Waals surface area contributed by atoms with E-state index in [0.29, 0.717) is 18.2 Å². The number of anilines is 2. The van der Waals surface area contributed by atoms with Crippen LogP contribution in [0, 0.1) is 6.92 Å². The van der Waals surface area contributed by atoms with Crippen molar-refractivity contribution in [2.45, 2.75) is 45.2 Å². The van der Waals surface area contributed by atoms with Crippen LogP contribution in [-0.4, -0.2) is 43.5 Å². The summed E-state index contributed by atoms with van der Waals surface area (Å²) in [6.45, 7) is 3.52. The Kier molecular flexibility index (Phi) is 5.77. The molecule has 0 spiro atoms. The average molecular weight is 407 g/mol. The molecule has 2 N–H and O–H groups in total. The van der Waals surface area contributed by atoms with E-state index in [1.54, 1.807) is 4.90 Å². The molecule has 158 valence electrons. The molecule has 1 fully saturated rings.